The van der Waals surface area contributed by atoms with Crippen LogP contribution in [0.15, 0.2) is 24.5 Å². The number of imidazole rings is 1. The van der Waals surface area contributed by atoms with Crippen LogP contribution in [0.5, 0.6) is 0 Å². The lowest BCUT2D eigenvalue weighted by Gasteiger charge is -2.21. The topological polar surface area (TPSA) is 57.8 Å². The summed E-state index contributed by atoms with van der Waals surface area (Å²) in [4.78, 5) is 19.3. The first-order valence-electron chi connectivity index (χ1n) is 7.65. The van der Waals surface area contributed by atoms with E-state index in [1.54, 1.807) is 0 Å². The molecule has 2 N–H and O–H groups in total. The summed E-state index contributed by atoms with van der Waals surface area (Å²) < 4.78 is 77.2. The highest BCUT2D eigenvalue weighted by atomic mass is 19.4. The number of hydrogen-bond acceptors (Lipinski definition) is 2. The Morgan fingerprint density at radius 3 is 2.27 bits per heavy atom. The molecule has 1 amide bonds. The number of carbonyl (C=O) groups excluding carboxylic acids is 1. The van der Waals surface area contributed by atoms with Gasteiger partial charge in [-0.05, 0) is 31.0 Å². The van der Waals surface area contributed by atoms with Gasteiger partial charge in [-0.3, -0.25) is 4.79 Å². The highest BCUT2D eigenvalue weighted by Crippen LogP contribution is 2.37. The number of amides is 1. The highest BCUT2D eigenvalue weighted by molar-refractivity contribution is 5.93. The average Bonchev–Trinajstić information content (AvgIpc) is 3.00. The maximum atomic E-state index is 12.9. The highest BCUT2D eigenvalue weighted by Gasteiger charge is 2.37. The fourth-order valence-electron chi connectivity index (χ4n) is 2.90. The quantitative estimate of drug-likeness (QED) is 0.771. The van der Waals surface area contributed by atoms with Crippen LogP contribution < -0.4 is 5.32 Å². The van der Waals surface area contributed by atoms with Crippen LogP contribution in [0.1, 0.15) is 28.9 Å². The Hall–Kier alpha value is -2.52. The van der Waals surface area contributed by atoms with Gasteiger partial charge in [-0.15, -0.1) is 0 Å². The lowest BCUT2D eigenvalue weighted by atomic mass is 9.89. The van der Waals surface area contributed by atoms with Gasteiger partial charge >= 0.3 is 12.4 Å². The molecule has 1 heterocycles. The van der Waals surface area contributed by atoms with Crippen LogP contribution in [0.4, 0.5) is 32.0 Å². The number of fused-ring (bicyclic) bond motifs is 1. The molecule has 1 aliphatic carbocycles. The molecular weight excluding hydrogens is 364 g/mol. The van der Waals surface area contributed by atoms with Crippen molar-refractivity contribution >= 4 is 11.6 Å². The molecule has 0 spiro atoms. The molecule has 1 aromatic carbocycles. The van der Waals surface area contributed by atoms with Crippen molar-refractivity contribution in [3.63, 3.8) is 0 Å². The summed E-state index contributed by atoms with van der Waals surface area (Å²) in [6, 6.07) is 1.02. The van der Waals surface area contributed by atoms with Gasteiger partial charge in [-0.1, -0.05) is 0 Å². The zero-order valence-electron chi connectivity index (χ0n) is 13.1. The Morgan fingerprint density at radius 1 is 1.08 bits per heavy atom. The molecule has 0 bridgehead atoms. The van der Waals surface area contributed by atoms with E-state index in [2.05, 4.69) is 15.3 Å². The lowest BCUT2D eigenvalue weighted by Crippen LogP contribution is -2.28. The largest absolute Gasteiger partial charge is 0.416 e. The van der Waals surface area contributed by atoms with E-state index in [1.807, 2.05) is 0 Å². The third-order valence-corrected chi connectivity index (χ3v) is 4.21. The molecule has 1 unspecified atom stereocenters. The van der Waals surface area contributed by atoms with Crippen LogP contribution in [0.2, 0.25) is 0 Å². The summed E-state index contributed by atoms with van der Waals surface area (Å²) in [6.07, 6.45) is -7.23. The average molecular weight is 377 g/mol. The number of hydrogen-bond donors (Lipinski definition) is 2. The van der Waals surface area contributed by atoms with Crippen LogP contribution >= 0.6 is 0 Å². The van der Waals surface area contributed by atoms with E-state index < -0.39 is 41.0 Å². The van der Waals surface area contributed by atoms with Crippen molar-refractivity contribution in [2.45, 2.75) is 31.6 Å². The molecule has 140 valence electrons. The van der Waals surface area contributed by atoms with E-state index in [0.29, 0.717) is 31.4 Å². The van der Waals surface area contributed by atoms with Crippen molar-refractivity contribution in [1.29, 1.82) is 0 Å². The molecule has 10 heteroatoms. The summed E-state index contributed by atoms with van der Waals surface area (Å²) in [5.74, 6) is -1.19. The van der Waals surface area contributed by atoms with Crippen molar-refractivity contribution in [2.24, 2.45) is 5.92 Å². The van der Waals surface area contributed by atoms with Crippen molar-refractivity contribution in [3.8, 4) is 0 Å². The number of aromatic nitrogens is 2. The number of benzene rings is 1. The van der Waals surface area contributed by atoms with Gasteiger partial charge in [0.25, 0.3) is 0 Å². The molecule has 4 nitrogen and oxygen atoms in total. The second-order valence-electron chi connectivity index (χ2n) is 6.05. The fourth-order valence-corrected chi connectivity index (χ4v) is 2.90. The standard InChI is InChI=1S/C16H13F6N3O/c17-15(18,19)9-4-10(16(20,21)22)6-11(5-9)25-14(26)8-1-2-12-13(3-8)24-7-23-12/h4-8H,1-3H2,(H,23,24)(H,25,26). The fraction of sp³-hybridized carbons (Fsp3) is 0.375. The van der Waals surface area contributed by atoms with Gasteiger partial charge in [-0.25, -0.2) is 4.98 Å². The molecule has 0 saturated carbocycles. The summed E-state index contributed by atoms with van der Waals surface area (Å²) >= 11 is 0. The summed E-state index contributed by atoms with van der Waals surface area (Å²) in [5.41, 5.74) is -1.92. The monoisotopic (exact) mass is 377 g/mol. The van der Waals surface area contributed by atoms with Gasteiger partial charge in [0, 0.05) is 23.7 Å². The lowest BCUT2D eigenvalue weighted by molar-refractivity contribution is -0.143. The predicted molar refractivity (Wildman–Crippen MR) is 79.2 cm³/mol. The van der Waals surface area contributed by atoms with Crippen LogP contribution in [0.25, 0.3) is 0 Å². The Kier molecular flexibility index (Phi) is 4.45. The van der Waals surface area contributed by atoms with Gasteiger partial charge in [0.05, 0.1) is 23.1 Å². The molecule has 2 aromatic rings. The number of nitrogens with zero attached hydrogens (tertiary/aromatic N) is 1. The number of aromatic amines is 1. The van der Waals surface area contributed by atoms with Crippen molar-refractivity contribution in [3.05, 3.63) is 47.0 Å². The molecular formula is C16H13F6N3O. The maximum Gasteiger partial charge on any atom is 0.416 e. The zero-order chi connectivity index (χ0) is 19.1. The summed E-state index contributed by atoms with van der Waals surface area (Å²) in [5, 5.41) is 2.19. The van der Waals surface area contributed by atoms with Crippen LogP contribution in [-0.4, -0.2) is 15.9 Å². The third-order valence-electron chi connectivity index (χ3n) is 4.21. The number of alkyl halides is 6. The van der Waals surface area contributed by atoms with E-state index in [0.717, 1.165) is 11.4 Å². The van der Waals surface area contributed by atoms with Gasteiger partial charge < -0.3 is 10.3 Å². The minimum absolute atomic E-state index is 0.0210. The first-order valence-corrected chi connectivity index (χ1v) is 7.65. The zero-order valence-corrected chi connectivity index (χ0v) is 13.1. The van der Waals surface area contributed by atoms with Gasteiger partial charge in [0.2, 0.25) is 5.91 Å². The van der Waals surface area contributed by atoms with Gasteiger partial charge in [0.15, 0.2) is 0 Å². The first-order chi connectivity index (χ1) is 12.0. The van der Waals surface area contributed by atoms with E-state index >= 15 is 0 Å². The maximum absolute atomic E-state index is 12.9. The number of H-pyrrole nitrogens is 1. The molecule has 0 fully saturated rings. The van der Waals surface area contributed by atoms with Crippen LogP contribution in [-0.2, 0) is 30.0 Å². The van der Waals surface area contributed by atoms with Gasteiger partial charge in [-0.2, -0.15) is 26.3 Å². The van der Waals surface area contributed by atoms with E-state index in [-0.39, 0.29) is 6.07 Å². The smallest absolute Gasteiger partial charge is 0.348 e. The number of aryl methyl sites for hydroxylation is 1. The second-order valence-corrected chi connectivity index (χ2v) is 6.05. The predicted octanol–water partition coefficient (Wildman–Crippen LogP) is 4.19. The van der Waals surface area contributed by atoms with E-state index in [9.17, 15) is 31.1 Å². The van der Waals surface area contributed by atoms with Crippen molar-refractivity contribution < 1.29 is 31.1 Å². The molecule has 1 atom stereocenters. The number of anilines is 1. The minimum atomic E-state index is -4.96. The van der Waals surface area contributed by atoms with Crippen molar-refractivity contribution in [1.82, 2.24) is 9.97 Å². The summed E-state index contributed by atoms with van der Waals surface area (Å²) in [6.45, 7) is 0. The second kappa shape index (κ2) is 6.33. The molecule has 3 rings (SSSR count). The molecule has 0 radical (unpaired) electrons. The number of halogens is 6. The number of carbonyl (C=O) groups is 1. The molecule has 1 aromatic heterocycles. The van der Waals surface area contributed by atoms with Crippen LogP contribution in [0, 0.1) is 5.92 Å². The normalized spacial score (nSPS) is 17.7. The number of rotatable bonds is 2. The van der Waals surface area contributed by atoms with Crippen LogP contribution in [0.3, 0.4) is 0 Å². The van der Waals surface area contributed by atoms with Gasteiger partial charge in [0.1, 0.15) is 0 Å². The molecule has 0 aliphatic heterocycles. The molecule has 0 saturated heterocycles. The first kappa shape index (κ1) is 18.3. The minimum Gasteiger partial charge on any atom is -0.348 e. The SMILES string of the molecule is O=C(Nc1cc(C(F)(F)F)cc(C(F)(F)F)c1)C1CCc2nc[nH]c2C1. The molecule has 1 aliphatic rings. The number of nitrogens with one attached hydrogen (secondary N) is 2. The summed E-state index contributed by atoms with van der Waals surface area (Å²) in [7, 11) is 0. The van der Waals surface area contributed by atoms with E-state index in [4.69, 9.17) is 0 Å². The van der Waals surface area contributed by atoms with Crippen molar-refractivity contribution in [2.75, 3.05) is 5.32 Å². The Labute approximate surface area is 143 Å². The Bertz CT molecular complexity index is 792. The molecule has 26 heavy (non-hydrogen) atoms. The Balaban J connectivity index is 1.84. The van der Waals surface area contributed by atoms with E-state index in [1.165, 1.54) is 6.33 Å². The Morgan fingerprint density at radius 2 is 1.69 bits per heavy atom. The third kappa shape index (κ3) is 3.83.